The molecule has 1 aromatic carbocycles. The lowest BCUT2D eigenvalue weighted by Gasteiger charge is -2.17. The molecule has 112 valence electrons. The minimum atomic E-state index is -5.03. The fourth-order valence-electron chi connectivity index (χ4n) is 1.51. The summed E-state index contributed by atoms with van der Waals surface area (Å²) < 4.78 is 79.7. The Labute approximate surface area is 108 Å². The molecule has 0 aliphatic rings. The highest BCUT2D eigenvalue weighted by Crippen LogP contribution is 2.37. The molecular formula is C11H8F6O3. The largest absolute Gasteiger partial charge is 0.479 e. The zero-order valence-corrected chi connectivity index (χ0v) is 9.84. The second-order valence-corrected chi connectivity index (χ2v) is 3.79. The highest BCUT2D eigenvalue weighted by molar-refractivity contribution is 5.74. The molecule has 0 heterocycles. The van der Waals surface area contributed by atoms with Crippen LogP contribution in [0.2, 0.25) is 0 Å². The Balaban J connectivity index is 3.49. The predicted molar refractivity (Wildman–Crippen MR) is 53.8 cm³/mol. The van der Waals surface area contributed by atoms with E-state index in [1.165, 1.54) is 0 Å². The first kappa shape index (κ1) is 16.3. The van der Waals surface area contributed by atoms with E-state index in [-0.39, 0.29) is 6.07 Å². The Morgan fingerprint density at radius 1 is 1.05 bits per heavy atom. The highest BCUT2D eigenvalue weighted by atomic mass is 19.4. The summed E-state index contributed by atoms with van der Waals surface area (Å²) in [4.78, 5) is 10.8. The standard InChI is InChI=1S/C11H8F6O3/c1-20-8(9(18)19)5-2-6(10(12,13)14)4-7(3-5)11(15,16)17/h2-4,8H,1H3,(H,18,19). The van der Waals surface area contributed by atoms with Crippen LogP contribution in [-0.2, 0) is 21.9 Å². The lowest BCUT2D eigenvalue weighted by atomic mass is 10.0. The van der Waals surface area contributed by atoms with Gasteiger partial charge in [-0.3, -0.25) is 0 Å². The van der Waals surface area contributed by atoms with E-state index in [2.05, 4.69) is 4.74 Å². The molecule has 0 aliphatic carbocycles. The van der Waals surface area contributed by atoms with Crippen LogP contribution in [0.1, 0.15) is 22.8 Å². The van der Waals surface area contributed by atoms with Crippen LogP contribution in [0.15, 0.2) is 18.2 Å². The minimum Gasteiger partial charge on any atom is -0.479 e. The third-order valence-corrected chi connectivity index (χ3v) is 2.37. The molecule has 0 bridgehead atoms. The maximum atomic E-state index is 12.5. The summed E-state index contributed by atoms with van der Waals surface area (Å²) in [5, 5.41) is 8.73. The SMILES string of the molecule is COC(C(=O)O)c1cc(C(F)(F)F)cc(C(F)(F)F)c1. The molecule has 9 heteroatoms. The number of ether oxygens (including phenoxy) is 1. The van der Waals surface area contributed by atoms with Gasteiger partial charge in [-0.25, -0.2) is 4.79 Å². The molecule has 0 aliphatic heterocycles. The van der Waals surface area contributed by atoms with Crippen LogP contribution in [0.5, 0.6) is 0 Å². The van der Waals surface area contributed by atoms with Crippen LogP contribution < -0.4 is 0 Å². The summed E-state index contributed by atoms with van der Waals surface area (Å²) in [6, 6.07) is 0.549. The number of carboxylic acids is 1. The van der Waals surface area contributed by atoms with Gasteiger partial charge in [0.15, 0.2) is 6.10 Å². The Morgan fingerprint density at radius 3 is 1.70 bits per heavy atom. The number of hydrogen-bond acceptors (Lipinski definition) is 2. The first-order chi connectivity index (χ1) is 8.96. The first-order valence-electron chi connectivity index (χ1n) is 5.01. The molecule has 1 N–H and O–H groups in total. The number of carboxylic acid groups (broad SMARTS) is 1. The summed E-state index contributed by atoms with van der Waals surface area (Å²) in [5.74, 6) is -1.69. The number of aliphatic carboxylic acids is 1. The van der Waals surface area contributed by atoms with Crippen molar-refractivity contribution in [2.45, 2.75) is 18.5 Å². The van der Waals surface area contributed by atoms with Gasteiger partial charge < -0.3 is 9.84 Å². The number of rotatable bonds is 3. The van der Waals surface area contributed by atoms with Crippen molar-refractivity contribution in [1.82, 2.24) is 0 Å². The van der Waals surface area contributed by atoms with E-state index in [9.17, 15) is 31.1 Å². The van der Waals surface area contributed by atoms with Crippen molar-refractivity contribution >= 4 is 5.97 Å². The second-order valence-electron chi connectivity index (χ2n) is 3.79. The summed E-state index contributed by atoms with van der Waals surface area (Å²) in [6.45, 7) is 0. The number of halogens is 6. The topological polar surface area (TPSA) is 46.5 Å². The van der Waals surface area contributed by atoms with Crippen molar-refractivity contribution < 1.29 is 41.0 Å². The van der Waals surface area contributed by atoms with Gasteiger partial charge in [0.25, 0.3) is 0 Å². The monoisotopic (exact) mass is 302 g/mol. The van der Waals surface area contributed by atoms with Crippen LogP contribution in [0.25, 0.3) is 0 Å². The Morgan fingerprint density at radius 2 is 1.45 bits per heavy atom. The Hall–Kier alpha value is -1.77. The zero-order valence-electron chi connectivity index (χ0n) is 9.84. The molecule has 0 saturated heterocycles. The molecule has 1 aromatic rings. The molecule has 0 saturated carbocycles. The lowest BCUT2D eigenvalue weighted by molar-refractivity contribution is -0.150. The number of carbonyl (C=O) groups is 1. The smallest absolute Gasteiger partial charge is 0.416 e. The Bertz CT molecular complexity index is 474. The normalized spacial score (nSPS) is 14.2. The molecule has 20 heavy (non-hydrogen) atoms. The van der Waals surface area contributed by atoms with Gasteiger partial charge >= 0.3 is 18.3 Å². The van der Waals surface area contributed by atoms with Gasteiger partial charge in [0.05, 0.1) is 11.1 Å². The number of methoxy groups -OCH3 is 1. The molecule has 0 radical (unpaired) electrons. The van der Waals surface area contributed by atoms with E-state index in [4.69, 9.17) is 5.11 Å². The van der Waals surface area contributed by atoms with Crippen molar-refractivity contribution in [2.75, 3.05) is 7.11 Å². The highest BCUT2D eigenvalue weighted by Gasteiger charge is 2.38. The summed E-state index contributed by atoms with van der Waals surface area (Å²) >= 11 is 0. The van der Waals surface area contributed by atoms with Gasteiger partial charge in [0.1, 0.15) is 0 Å². The molecule has 3 nitrogen and oxygen atoms in total. The van der Waals surface area contributed by atoms with Crippen molar-refractivity contribution in [3.63, 3.8) is 0 Å². The average Bonchev–Trinajstić information content (AvgIpc) is 2.26. The maximum Gasteiger partial charge on any atom is 0.416 e. The van der Waals surface area contributed by atoms with Gasteiger partial charge in [-0.05, 0) is 23.8 Å². The van der Waals surface area contributed by atoms with Crippen molar-refractivity contribution in [3.8, 4) is 0 Å². The fraction of sp³-hybridized carbons (Fsp3) is 0.364. The minimum absolute atomic E-state index is 0.0852. The predicted octanol–water partition coefficient (Wildman–Crippen LogP) is 3.50. The summed E-state index contributed by atoms with van der Waals surface area (Å²) in [5.41, 5.74) is -3.92. The molecular weight excluding hydrogens is 294 g/mol. The molecule has 1 atom stereocenters. The number of benzene rings is 1. The lowest BCUT2D eigenvalue weighted by Crippen LogP contribution is -2.17. The van der Waals surface area contributed by atoms with Gasteiger partial charge in [0.2, 0.25) is 0 Å². The quantitative estimate of drug-likeness (QED) is 0.869. The number of hydrogen-bond donors (Lipinski definition) is 1. The second kappa shape index (κ2) is 5.31. The Kier molecular flexibility index (Phi) is 4.33. The average molecular weight is 302 g/mol. The van der Waals surface area contributed by atoms with Crippen LogP contribution >= 0.6 is 0 Å². The third-order valence-electron chi connectivity index (χ3n) is 2.37. The van der Waals surface area contributed by atoms with E-state index in [0.29, 0.717) is 12.1 Å². The van der Waals surface area contributed by atoms with Gasteiger partial charge in [-0.1, -0.05) is 0 Å². The van der Waals surface area contributed by atoms with Gasteiger partial charge in [0, 0.05) is 7.11 Å². The van der Waals surface area contributed by atoms with E-state index in [0.717, 1.165) is 7.11 Å². The van der Waals surface area contributed by atoms with Crippen LogP contribution in [-0.4, -0.2) is 18.2 Å². The molecule has 1 unspecified atom stereocenters. The molecule has 0 fully saturated rings. The van der Waals surface area contributed by atoms with E-state index in [1.54, 1.807) is 0 Å². The fourth-order valence-corrected chi connectivity index (χ4v) is 1.51. The van der Waals surface area contributed by atoms with E-state index < -0.39 is 41.1 Å². The number of alkyl halides is 6. The van der Waals surface area contributed by atoms with E-state index in [1.807, 2.05) is 0 Å². The van der Waals surface area contributed by atoms with Crippen LogP contribution in [0.4, 0.5) is 26.3 Å². The van der Waals surface area contributed by atoms with Crippen LogP contribution in [0.3, 0.4) is 0 Å². The van der Waals surface area contributed by atoms with Crippen molar-refractivity contribution in [2.24, 2.45) is 0 Å². The third kappa shape index (κ3) is 3.62. The van der Waals surface area contributed by atoms with E-state index >= 15 is 0 Å². The van der Waals surface area contributed by atoms with Crippen molar-refractivity contribution in [3.05, 3.63) is 34.9 Å². The molecule has 0 spiro atoms. The van der Waals surface area contributed by atoms with Gasteiger partial charge in [-0.15, -0.1) is 0 Å². The van der Waals surface area contributed by atoms with Crippen molar-refractivity contribution in [1.29, 1.82) is 0 Å². The first-order valence-corrected chi connectivity index (χ1v) is 5.01. The summed E-state index contributed by atoms with van der Waals surface area (Å²) in [6.07, 6.45) is -12.0. The maximum absolute atomic E-state index is 12.5. The molecule has 0 aromatic heterocycles. The van der Waals surface area contributed by atoms with Crippen LogP contribution in [0, 0.1) is 0 Å². The van der Waals surface area contributed by atoms with Gasteiger partial charge in [-0.2, -0.15) is 26.3 Å². The summed E-state index contributed by atoms with van der Waals surface area (Å²) in [7, 11) is 0.867. The zero-order chi connectivity index (χ0) is 15.7. The molecule has 1 rings (SSSR count). The molecule has 0 amide bonds.